The zero-order valence-electron chi connectivity index (χ0n) is 8.75. The fraction of sp³-hybridized carbons (Fsp3) is 0.100. The molecule has 0 atom stereocenters. The van der Waals surface area contributed by atoms with Crippen LogP contribution in [0.25, 0.3) is 0 Å². The van der Waals surface area contributed by atoms with Gasteiger partial charge in [0.25, 0.3) is 0 Å². The molecule has 94 valence electrons. The molecule has 0 bridgehead atoms. The molecule has 0 aliphatic rings. The SMILES string of the molecule is CC(=O)c1cccc(C(=O)O)c1O.O=C(O)O.[NaH]. The number of phenols is 1. The van der Waals surface area contributed by atoms with Crippen LogP contribution in [0.1, 0.15) is 27.6 Å². The Morgan fingerprint density at radius 3 is 1.72 bits per heavy atom. The molecule has 0 aromatic heterocycles. The van der Waals surface area contributed by atoms with E-state index in [1.807, 2.05) is 0 Å². The summed E-state index contributed by atoms with van der Waals surface area (Å²) in [7, 11) is 0. The minimum atomic E-state index is -1.83. The van der Waals surface area contributed by atoms with Gasteiger partial charge in [-0.05, 0) is 19.1 Å². The second-order valence-corrected chi connectivity index (χ2v) is 2.85. The number of ketones is 1. The van der Waals surface area contributed by atoms with Gasteiger partial charge in [-0.15, -0.1) is 0 Å². The number of rotatable bonds is 2. The Morgan fingerprint density at radius 2 is 1.39 bits per heavy atom. The number of carbonyl (C=O) groups excluding carboxylic acids is 1. The van der Waals surface area contributed by atoms with Gasteiger partial charge in [-0.1, -0.05) is 6.07 Å². The molecule has 0 aliphatic heterocycles. The number of benzene rings is 1. The molecule has 1 rings (SSSR count). The summed E-state index contributed by atoms with van der Waals surface area (Å²) in [6, 6.07) is 4.04. The van der Waals surface area contributed by atoms with Gasteiger partial charge < -0.3 is 20.4 Å². The number of para-hydroxylation sites is 1. The normalized spacial score (nSPS) is 8.28. The Balaban J connectivity index is 0. The van der Waals surface area contributed by atoms with Gasteiger partial charge in [0.05, 0.1) is 5.56 Å². The molecule has 0 spiro atoms. The van der Waals surface area contributed by atoms with Crippen molar-refractivity contribution in [3.8, 4) is 5.75 Å². The fourth-order valence-electron chi connectivity index (χ4n) is 1.00. The van der Waals surface area contributed by atoms with E-state index in [1.165, 1.54) is 25.1 Å². The van der Waals surface area contributed by atoms with E-state index < -0.39 is 17.9 Å². The number of carboxylic acids is 1. The number of aromatic carboxylic acids is 1. The van der Waals surface area contributed by atoms with Crippen LogP contribution in [0.5, 0.6) is 5.75 Å². The van der Waals surface area contributed by atoms with Crippen molar-refractivity contribution in [1.29, 1.82) is 0 Å². The van der Waals surface area contributed by atoms with Crippen molar-refractivity contribution in [2.24, 2.45) is 0 Å². The van der Waals surface area contributed by atoms with Gasteiger partial charge in [-0.3, -0.25) is 4.79 Å². The fourth-order valence-corrected chi connectivity index (χ4v) is 1.00. The number of carbonyl (C=O) groups is 3. The summed E-state index contributed by atoms with van der Waals surface area (Å²) in [5.41, 5.74) is -0.229. The van der Waals surface area contributed by atoms with Crippen molar-refractivity contribution in [3.63, 3.8) is 0 Å². The molecule has 0 fully saturated rings. The first-order chi connectivity index (χ1) is 7.77. The summed E-state index contributed by atoms with van der Waals surface area (Å²) in [5.74, 6) is -2.08. The average Bonchev–Trinajstić information content (AvgIpc) is 2.15. The molecular weight excluding hydrogens is 255 g/mol. The van der Waals surface area contributed by atoms with E-state index in [4.69, 9.17) is 20.1 Å². The van der Waals surface area contributed by atoms with E-state index >= 15 is 0 Å². The molecule has 18 heavy (non-hydrogen) atoms. The van der Waals surface area contributed by atoms with Crippen molar-refractivity contribution < 1.29 is 34.8 Å². The number of hydrogen-bond acceptors (Lipinski definition) is 4. The van der Waals surface area contributed by atoms with Gasteiger partial charge in [0.1, 0.15) is 11.3 Å². The molecule has 0 aliphatic carbocycles. The van der Waals surface area contributed by atoms with Gasteiger partial charge in [0, 0.05) is 0 Å². The van der Waals surface area contributed by atoms with Crippen molar-refractivity contribution >= 4 is 47.5 Å². The Hall–Kier alpha value is -1.57. The number of carboxylic acid groups (broad SMARTS) is 3. The summed E-state index contributed by atoms with van der Waals surface area (Å²) in [6.45, 7) is 1.26. The van der Waals surface area contributed by atoms with Crippen LogP contribution in [-0.4, -0.2) is 67.9 Å². The molecular formula is C10H11NaO7. The van der Waals surface area contributed by atoms with Crippen LogP contribution >= 0.6 is 0 Å². The quantitative estimate of drug-likeness (QED) is 0.461. The Bertz CT molecular complexity index is 419. The van der Waals surface area contributed by atoms with Crippen molar-refractivity contribution in [2.75, 3.05) is 0 Å². The van der Waals surface area contributed by atoms with Crippen LogP contribution in [0, 0.1) is 0 Å². The van der Waals surface area contributed by atoms with E-state index in [2.05, 4.69) is 0 Å². The van der Waals surface area contributed by atoms with Gasteiger partial charge in [-0.25, -0.2) is 9.59 Å². The predicted molar refractivity (Wildman–Crippen MR) is 62.9 cm³/mol. The number of aromatic hydroxyl groups is 1. The summed E-state index contributed by atoms with van der Waals surface area (Å²) in [6.07, 6.45) is -1.83. The van der Waals surface area contributed by atoms with E-state index in [0.717, 1.165) is 0 Å². The molecule has 4 N–H and O–H groups in total. The zero-order chi connectivity index (χ0) is 13.6. The third kappa shape index (κ3) is 6.24. The summed E-state index contributed by atoms with van der Waals surface area (Å²) in [5, 5.41) is 31.9. The first-order valence-electron chi connectivity index (χ1n) is 4.25. The average molecular weight is 266 g/mol. The molecule has 0 unspecified atom stereocenters. The number of Topliss-reactive ketones (excluding diaryl/α,β-unsaturated/α-hetero) is 1. The van der Waals surface area contributed by atoms with Crippen LogP contribution in [0.3, 0.4) is 0 Å². The molecule has 0 amide bonds. The van der Waals surface area contributed by atoms with Gasteiger partial charge in [0.15, 0.2) is 5.78 Å². The van der Waals surface area contributed by atoms with Crippen molar-refractivity contribution in [3.05, 3.63) is 29.3 Å². The molecule has 0 saturated heterocycles. The topological polar surface area (TPSA) is 132 Å². The third-order valence-electron chi connectivity index (χ3n) is 1.65. The summed E-state index contributed by atoms with van der Waals surface area (Å²) in [4.78, 5) is 30.0. The van der Waals surface area contributed by atoms with Gasteiger partial charge >= 0.3 is 41.7 Å². The maximum absolute atomic E-state index is 10.9. The Morgan fingerprint density at radius 1 is 1.00 bits per heavy atom. The molecule has 0 saturated carbocycles. The second kappa shape index (κ2) is 8.51. The first-order valence-corrected chi connectivity index (χ1v) is 4.25. The summed E-state index contributed by atoms with van der Waals surface area (Å²) >= 11 is 0. The van der Waals surface area contributed by atoms with Crippen LogP contribution in [0.15, 0.2) is 18.2 Å². The van der Waals surface area contributed by atoms with E-state index in [-0.39, 0.29) is 46.5 Å². The molecule has 0 heterocycles. The molecule has 8 heteroatoms. The van der Waals surface area contributed by atoms with E-state index in [1.54, 1.807) is 0 Å². The monoisotopic (exact) mass is 266 g/mol. The molecule has 7 nitrogen and oxygen atoms in total. The van der Waals surface area contributed by atoms with Crippen LogP contribution in [-0.2, 0) is 0 Å². The van der Waals surface area contributed by atoms with Gasteiger partial charge in [-0.2, -0.15) is 0 Å². The van der Waals surface area contributed by atoms with Crippen LogP contribution in [0.2, 0.25) is 0 Å². The standard InChI is InChI=1S/C9H8O4.CH2O3.Na.H/c1-5(10)6-3-2-4-7(8(6)11)9(12)13;2-1(3)4;;/h2-4,11H,1H3,(H,12,13);(H2,2,3,4);;. The number of hydrogen-bond donors (Lipinski definition) is 4. The molecule has 0 radical (unpaired) electrons. The third-order valence-corrected chi connectivity index (χ3v) is 1.65. The maximum atomic E-state index is 10.9. The first kappa shape index (κ1) is 18.8. The predicted octanol–water partition coefficient (Wildman–Crippen LogP) is 0.867. The van der Waals surface area contributed by atoms with Crippen molar-refractivity contribution in [1.82, 2.24) is 0 Å². The van der Waals surface area contributed by atoms with E-state index in [9.17, 15) is 14.7 Å². The van der Waals surface area contributed by atoms with Crippen molar-refractivity contribution in [2.45, 2.75) is 6.92 Å². The van der Waals surface area contributed by atoms with Crippen LogP contribution < -0.4 is 0 Å². The van der Waals surface area contributed by atoms with Gasteiger partial charge in [0.2, 0.25) is 0 Å². The van der Waals surface area contributed by atoms with Crippen LogP contribution in [0.4, 0.5) is 4.79 Å². The minimum absolute atomic E-state index is 0. The van der Waals surface area contributed by atoms with E-state index in [0.29, 0.717) is 0 Å². The zero-order valence-corrected chi connectivity index (χ0v) is 8.75. The Labute approximate surface area is 124 Å². The second-order valence-electron chi connectivity index (χ2n) is 2.85. The molecule has 1 aromatic rings. The molecule has 1 aromatic carbocycles. The Kier molecular flexibility index (Phi) is 8.88. The summed E-state index contributed by atoms with van der Waals surface area (Å²) < 4.78 is 0.